The van der Waals surface area contributed by atoms with Crippen LogP contribution >= 0.6 is 11.3 Å². The lowest BCUT2D eigenvalue weighted by Gasteiger charge is -2.36. The number of amides is 1. The molecule has 174 valence electrons. The lowest BCUT2D eigenvalue weighted by Crippen LogP contribution is -2.49. The molecule has 33 heavy (non-hydrogen) atoms. The summed E-state index contributed by atoms with van der Waals surface area (Å²) in [6, 6.07) is 6.20. The molecular weight excluding hydrogens is 435 g/mol. The Balaban J connectivity index is 1.37. The molecule has 1 aliphatic heterocycles. The maximum Gasteiger partial charge on any atom is 0.227 e. The van der Waals surface area contributed by atoms with Gasteiger partial charge in [0.25, 0.3) is 0 Å². The summed E-state index contributed by atoms with van der Waals surface area (Å²) in [5.74, 6) is 2.77. The zero-order valence-electron chi connectivity index (χ0n) is 19.6. The zero-order chi connectivity index (χ0) is 23.1. The molecule has 1 aliphatic carbocycles. The quantitative estimate of drug-likeness (QED) is 0.545. The minimum absolute atomic E-state index is 0.0962. The van der Waals surface area contributed by atoms with Crippen molar-refractivity contribution >= 4 is 33.3 Å². The van der Waals surface area contributed by atoms with Gasteiger partial charge in [-0.2, -0.15) is 0 Å². The van der Waals surface area contributed by atoms with E-state index in [0.717, 1.165) is 53.9 Å². The molecule has 0 bridgehead atoms. The third-order valence-electron chi connectivity index (χ3n) is 6.87. The maximum absolute atomic E-state index is 13.2. The van der Waals surface area contributed by atoms with Gasteiger partial charge in [-0.3, -0.25) is 4.79 Å². The van der Waals surface area contributed by atoms with Crippen molar-refractivity contribution in [2.45, 2.75) is 52.4 Å². The van der Waals surface area contributed by atoms with Gasteiger partial charge in [-0.25, -0.2) is 14.4 Å². The van der Waals surface area contributed by atoms with E-state index in [9.17, 15) is 9.18 Å². The summed E-state index contributed by atoms with van der Waals surface area (Å²) in [5, 5.41) is 1.25. The number of benzene rings is 1. The molecule has 0 saturated carbocycles. The van der Waals surface area contributed by atoms with Crippen molar-refractivity contribution in [3.8, 4) is 0 Å². The number of carbonyl (C=O) groups is 1. The number of piperazine rings is 1. The normalized spacial score (nSPS) is 18.8. The molecule has 7 heteroatoms. The second-order valence-electron chi connectivity index (χ2n) is 9.76. The number of hydrogen-bond donors (Lipinski definition) is 0. The first-order valence-electron chi connectivity index (χ1n) is 12.0. The summed E-state index contributed by atoms with van der Waals surface area (Å²) in [7, 11) is 0. The van der Waals surface area contributed by atoms with Gasteiger partial charge in [0.05, 0.1) is 11.8 Å². The zero-order valence-corrected chi connectivity index (χ0v) is 20.4. The minimum atomic E-state index is -0.276. The van der Waals surface area contributed by atoms with Gasteiger partial charge < -0.3 is 9.80 Å². The van der Waals surface area contributed by atoms with E-state index in [-0.39, 0.29) is 17.6 Å². The van der Waals surface area contributed by atoms with Gasteiger partial charge in [-0.1, -0.05) is 32.9 Å². The van der Waals surface area contributed by atoms with E-state index in [0.29, 0.717) is 19.5 Å². The van der Waals surface area contributed by atoms with Crippen LogP contribution < -0.4 is 4.90 Å². The highest BCUT2D eigenvalue weighted by Crippen LogP contribution is 2.41. The van der Waals surface area contributed by atoms with Gasteiger partial charge in [-0.15, -0.1) is 11.3 Å². The van der Waals surface area contributed by atoms with E-state index in [1.807, 2.05) is 16.2 Å². The van der Waals surface area contributed by atoms with Crippen molar-refractivity contribution in [3.63, 3.8) is 0 Å². The Hall–Kier alpha value is -2.54. The van der Waals surface area contributed by atoms with Crippen LogP contribution in [0.5, 0.6) is 0 Å². The molecule has 2 aromatic heterocycles. The Bertz CT molecular complexity index is 1170. The molecule has 5 nitrogen and oxygen atoms in total. The van der Waals surface area contributed by atoms with Crippen LogP contribution in [0.4, 0.5) is 10.2 Å². The second-order valence-corrected chi connectivity index (χ2v) is 10.8. The van der Waals surface area contributed by atoms with Crippen molar-refractivity contribution in [2.75, 3.05) is 31.1 Å². The molecular formula is C26H31FN4OS. The van der Waals surface area contributed by atoms with Gasteiger partial charge in [0, 0.05) is 37.0 Å². The van der Waals surface area contributed by atoms with E-state index in [2.05, 4.69) is 25.7 Å². The monoisotopic (exact) mass is 466 g/mol. The molecule has 1 saturated heterocycles. The molecule has 1 atom stereocenters. The summed E-state index contributed by atoms with van der Waals surface area (Å²) < 4.78 is 13.2. The minimum Gasteiger partial charge on any atom is -0.352 e. The molecule has 3 aromatic rings. The number of halogens is 1. The molecule has 5 rings (SSSR count). The lowest BCUT2D eigenvalue weighted by atomic mass is 9.89. The second kappa shape index (κ2) is 9.01. The maximum atomic E-state index is 13.2. The van der Waals surface area contributed by atoms with Crippen LogP contribution in [0.2, 0.25) is 0 Å². The Morgan fingerprint density at radius 3 is 2.58 bits per heavy atom. The SMILES string of the molecule is CC(C)c1nc(N2CCN(C(=O)Cc3ccc(F)cc3)CC2)c2c3c(sc2n1)C[C@@H](C)CC3. The summed E-state index contributed by atoms with van der Waals surface area (Å²) in [5.41, 5.74) is 2.30. The smallest absolute Gasteiger partial charge is 0.227 e. The van der Waals surface area contributed by atoms with Gasteiger partial charge in [0.15, 0.2) is 0 Å². The summed E-state index contributed by atoms with van der Waals surface area (Å²) in [6.45, 7) is 9.50. The molecule has 0 N–H and O–H groups in total. The summed E-state index contributed by atoms with van der Waals surface area (Å²) in [6.07, 6.45) is 3.77. The fourth-order valence-electron chi connectivity index (χ4n) is 4.88. The van der Waals surface area contributed by atoms with E-state index >= 15 is 0 Å². The topological polar surface area (TPSA) is 49.3 Å². The first kappa shape index (κ1) is 22.3. The van der Waals surface area contributed by atoms with E-state index < -0.39 is 0 Å². The number of rotatable bonds is 4. The van der Waals surface area contributed by atoms with Crippen molar-refractivity contribution in [1.82, 2.24) is 14.9 Å². The van der Waals surface area contributed by atoms with Crippen LogP contribution in [0, 0.1) is 11.7 Å². The number of fused-ring (bicyclic) bond motifs is 3. The molecule has 1 fully saturated rings. The van der Waals surface area contributed by atoms with Crippen LogP contribution in [-0.2, 0) is 24.1 Å². The average Bonchev–Trinajstić information content (AvgIpc) is 3.17. The first-order valence-corrected chi connectivity index (χ1v) is 12.8. The van der Waals surface area contributed by atoms with Crippen LogP contribution in [0.25, 0.3) is 10.2 Å². The highest BCUT2D eigenvalue weighted by atomic mass is 32.1. The lowest BCUT2D eigenvalue weighted by molar-refractivity contribution is -0.130. The molecule has 3 heterocycles. The fraction of sp³-hybridized carbons (Fsp3) is 0.500. The van der Waals surface area contributed by atoms with Gasteiger partial charge in [-0.05, 0) is 48.4 Å². The van der Waals surface area contributed by atoms with Crippen LogP contribution in [-0.4, -0.2) is 47.0 Å². The van der Waals surface area contributed by atoms with Gasteiger partial charge in [0.1, 0.15) is 22.3 Å². The van der Waals surface area contributed by atoms with E-state index in [4.69, 9.17) is 9.97 Å². The van der Waals surface area contributed by atoms with Crippen LogP contribution in [0.1, 0.15) is 54.9 Å². The number of carbonyl (C=O) groups excluding carboxylic acids is 1. The number of anilines is 1. The number of nitrogens with zero attached hydrogens (tertiary/aromatic N) is 4. The van der Waals surface area contributed by atoms with Crippen LogP contribution in [0.3, 0.4) is 0 Å². The fourth-order valence-corrected chi connectivity index (χ4v) is 6.27. The third kappa shape index (κ3) is 4.47. The highest BCUT2D eigenvalue weighted by molar-refractivity contribution is 7.19. The molecule has 0 spiro atoms. The van der Waals surface area contributed by atoms with E-state index in [1.165, 1.54) is 34.4 Å². The van der Waals surface area contributed by atoms with Crippen molar-refractivity contribution in [1.29, 1.82) is 0 Å². The predicted octanol–water partition coefficient (Wildman–Crippen LogP) is 4.97. The molecule has 1 aromatic carbocycles. The van der Waals surface area contributed by atoms with Gasteiger partial charge in [0.2, 0.25) is 5.91 Å². The van der Waals surface area contributed by atoms with Crippen LogP contribution in [0.15, 0.2) is 24.3 Å². The Kier molecular flexibility index (Phi) is 6.08. The van der Waals surface area contributed by atoms with Crippen molar-refractivity contribution in [3.05, 3.63) is 51.9 Å². The third-order valence-corrected chi connectivity index (χ3v) is 8.02. The highest BCUT2D eigenvalue weighted by Gasteiger charge is 2.29. The average molecular weight is 467 g/mol. The number of hydrogen-bond acceptors (Lipinski definition) is 5. The molecule has 2 aliphatic rings. The Morgan fingerprint density at radius 2 is 1.88 bits per heavy atom. The predicted molar refractivity (Wildman–Crippen MR) is 132 cm³/mol. The van der Waals surface area contributed by atoms with Crippen molar-refractivity contribution < 1.29 is 9.18 Å². The summed E-state index contributed by atoms with van der Waals surface area (Å²) in [4.78, 5) is 29.7. The number of thiophene rings is 1. The Morgan fingerprint density at radius 1 is 1.15 bits per heavy atom. The molecule has 0 radical (unpaired) electrons. The van der Waals surface area contributed by atoms with Gasteiger partial charge >= 0.3 is 0 Å². The first-order chi connectivity index (χ1) is 15.9. The van der Waals surface area contributed by atoms with E-state index in [1.54, 1.807) is 12.1 Å². The largest absolute Gasteiger partial charge is 0.352 e. The standard InChI is InChI=1S/C26H31FN4OS/c1-16(2)24-28-25(23-20-9-4-17(3)14-21(20)33-26(23)29-24)31-12-10-30(11-13-31)22(32)15-18-5-7-19(27)8-6-18/h5-8,16-17H,4,9-15H2,1-3H3/t17-/m0/s1. The number of aryl methyl sites for hydroxylation is 1. The summed E-state index contributed by atoms with van der Waals surface area (Å²) >= 11 is 1.85. The number of aromatic nitrogens is 2. The Labute approximate surface area is 198 Å². The van der Waals surface area contributed by atoms with Crippen molar-refractivity contribution in [2.24, 2.45) is 5.92 Å². The molecule has 0 unspecified atom stereocenters. The molecule has 1 amide bonds.